The number of hydrogen-bond donors (Lipinski definition) is 1. The van der Waals surface area contributed by atoms with E-state index < -0.39 is 5.60 Å². The van der Waals surface area contributed by atoms with Crippen molar-refractivity contribution in [2.24, 2.45) is 17.8 Å². The quantitative estimate of drug-likeness (QED) is 0.421. The zero-order valence-corrected chi connectivity index (χ0v) is 20.3. The van der Waals surface area contributed by atoms with Crippen LogP contribution in [0.15, 0.2) is 30.5 Å². The molecule has 1 N–H and O–H groups in total. The maximum absolute atomic E-state index is 13.7. The zero-order valence-electron chi connectivity index (χ0n) is 20.3. The molecule has 0 spiro atoms. The van der Waals surface area contributed by atoms with Crippen molar-refractivity contribution in [3.05, 3.63) is 30.5 Å². The molecular weight excluding hydrogens is 388 g/mol. The van der Waals surface area contributed by atoms with E-state index in [1.165, 1.54) is 0 Å². The van der Waals surface area contributed by atoms with Gasteiger partial charge in [-0.2, -0.15) is 0 Å². The number of pyridine rings is 1. The second-order valence-electron chi connectivity index (χ2n) is 9.71. The molecule has 0 fully saturated rings. The van der Waals surface area contributed by atoms with Crippen LogP contribution in [0.5, 0.6) is 5.75 Å². The minimum Gasteiger partial charge on any atom is -0.491 e. The Labute approximate surface area is 187 Å². The first-order valence-corrected chi connectivity index (χ1v) is 11.6. The minimum absolute atomic E-state index is 0.0793. The molecule has 31 heavy (non-hydrogen) atoms. The number of anilines is 1. The minimum atomic E-state index is -0.848. The molecule has 0 bridgehead atoms. The van der Waals surface area contributed by atoms with Crippen molar-refractivity contribution in [1.82, 2.24) is 4.98 Å². The number of amides is 1. The monoisotopic (exact) mass is 428 g/mol. The lowest BCUT2D eigenvalue weighted by Gasteiger charge is -2.35. The molecule has 1 aromatic carbocycles. The van der Waals surface area contributed by atoms with E-state index in [1.54, 1.807) is 6.20 Å². The lowest BCUT2D eigenvalue weighted by Crippen LogP contribution is -2.48. The number of nitrogens with one attached hydrogen (secondary N) is 1. The fourth-order valence-corrected chi connectivity index (χ4v) is 3.93. The Morgan fingerprint density at radius 3 is 2.29 bits per heavy atom. The van der Waals surface area contributed by atoms with Crippen molar-refractivity contribution in [2.75, 3.05) is 18.5 Å². The van der Waals surface area contributed by atoms with Crippen molar-refractivity contribution in [3.63, 3.8) is 0 Å². The van der Waals surface area contributed by atoms with Gasteiger partial charge in [-0.15, -0.1) is 0 Å². The Balaban J connectivity index is 2.41. The van der Waals surface area contributed by atoms with Crippen LogP contribution in [0.4, 0.5) is 5.69 Å². The van der Waals surface area contributed by atoms with Crippen molar-refractivity contribution >= 4 is 22.5 Å². The van der Waals surface area contributed by atoms with E-state index in [4.69, 9.17) is 9.47 Å². The summed E-state index contributed by atoms with van der Waals surface area (Å²) < 4.78 is 12.2. The van der Waals surface area contributed by atoms with Crippen LogP contribution in [0.25, 0.3) is 10.9 Å². The molecule has 172 valence electrons. The zero-order chi connectivity index (χ0) is 23.0. The number of aromatic nitrogens is 1. The van der Waals surface area contributed by atoms with Crippen molar-refractivity contribution in [2.45, 2.75) is 73.3 Å². The highest BCUT2D eigenvalue weighted by Gasteiger charge is 2.40. The molecule has 5 heteroatoms. The van der Waals surface area contributed by atoms with E-state index >= 15 is 0 Å². The molecule has 0 aliphatic rings. The number of fused-ring (bicyclic) bond motifs is 1. The van der Waals surface area contributed by atoms with Gasteiger partial charge < -0.3 is 14.8 Å². The molecule has 2 aromatic rings. The molecule has 0 aliphatic heterocycles. The Hall–Kier alpha value is -2.14. The molecule has 0 radical (unpaired) electrons. The lowest BCUT2D eigenvalue weighted by atomic mass is 9.83. The van der Waals surface area contributed by atoms with E-state index in [1.807, 2.05) is 24.3 Å². The maximum Gasteiger partial charge on any atom is 0.256 e. The van der Waals surface area contributed by atoms with Crippen LogP contribution in [0.3, 0.4) is 0 Å². The van der Waals surface area contributed by atoms with E-state index in [-0.39, 0.29) is 5.91 Å². The average Bonchev–Trinajstić information content (AvgIpc) is 2.70. The fourth-order valence-electron chi connectivity index (χ4n) is 3.93. The standard InChI is InChI=1S/C26H40N2O3/c1-8-14-31-26(15-18(2)3,16-19(4)5)25(29)28-22-11-12-23(30-17-20(6)7)24-21(22)10-9-13-27-24/h9-13,18-20H,8,14-17H2,1-7H3,(H,28,29). The molecule has 0 aliphatic carbocycles. The average molecular weight is 429 g/mol. The summed E-state index contributed by atoms with van der Waals surface area (Å²) in [6.45, 7) is 16.0. The van der Waals surface area contributed by atoms with Crippen LogP contribution < -0.4 is 10.1 Å². The summed E-state index contributed by atoms with van der Waals surface area (Å²) >= 11 is 0. The molecule has 0 unspecified atom stereocenters. The third kappa shape index (κ3) is 6.93. The number of carbonyl (C=O) groups is 1. The van der Waals surface area contributed by atoms with Gasteiger partial charge in [0, 0.05) is 18.2 Å². The van der Waals surface area contributed by atoms with Gasteiger partial charge in [0.1, 0.15) is 16.9 Å². The summed E-state index contributed by atoms with van der Waals surface area (Å²) in [7, 11) is 0. The molecule has 2 rings (SSSR count). The Morgan fingerprint density at radius 1 is 1.03 bits per heavy atom. The van der Waals surface area contributed by atoms with E-state index in [0.717, 1.165) is 28.8 Å². The van der Waals surface area contributed by atoms with Crippen LogP contribution in [0.1, 0.15) is 67.7 Å². The van der Waals surface area contributed by atoms with Crippen molar-refractivity contribution in [1.29, 1.82) is 0 Å². The molecule has 0 atom stereocenters. The van der Waals surface area contributed by atoms with Crippen molar-refractivity contribution < 1.29 is 14.3 Å². The number of hydrogen-bond acceptors (Lipinski definition) is 4. The van der Waals surface area contributed by atoms with Gasteiger partial charge in [-0.1, -0.05) is 48.5 Å². The van der Waals surface area contributed by atoms with Crippen LogP contribution in [-0.2, 0) is 9.53 Å². The smallest absolute Gasteiger partial charge is 0.256 e. The first-order chi connectivity index (χ1) is 14.7. The summed E-state index contributed by atoms with van der Waals surface area (Å²) in [6.07, 6.45) is 3.99. The maximum atomic E-state index is 13.7. The SMILES string of the molecule is CCCOC(CC(C)C)(CC(C)C)C(=O)Nc1ccc(OCC(C)C)c2ncccc12. The van der Waals surface area contributed by atoms with Gasteiger partial charge in [-0.25, -0.2) is 0 Å². The summed E-state index contributed by atoms with van der Waals surface area (Å²) in [5, 5.41) is 4.05. The molecule has 1 heterocycles. The van der Waals surface area contributed by atoms with Crippen molar-refractivity contribution in [3.8, 4) is 5.75 Å². The summed E-state index contributed by atoms with van der Waals surface area (Å²) in [4.78, 5) is 18.2. The number of nitrogens with zero attached hydrogens (tertiary/aromatic N) is 1. The van der Waals surface area contributed by atoms with Gasteiger partial charge in [0.05, 0.1) is 12.3 Å². The highest BCUT2D eigenvalue weighted by Crippen LogP contribution is 2.34. The second-order valence-corrected chi connectivity index (χ2v) is 9.71. The normalized spacial score (nSPS) is 12.2. The molecular formula is C26H40N2O3. The second kappa shape index (κ2) is 11.5. The topological polar surface area (TPSA) is 60.5 Å². The molecule has 5 nitrogen and oxygen atoms in total. The highest BCUT2D eigenvalue weighted by atomic mass is 16.5. The van der Waals surface area contributed by atoms with E-state index in [0.29, 0.717) is 43.8 Å². The largest absolute Gasteiger partial charge is 0.491 e. The van der Waals surface area contributed by atoms with Gasteiger partial charge in [-0.05, 0) is 61.3 Å². The first-order valence-electron chi connectivity index (χ1n) is 11.6. The summed E-state index contributed by atoms with van der Waals surface area (Å²) in [6, 6.07) is 7.66. The predicted molar refractivity (Wildman–Crippen MR) is 129 cm³/mol. The van der Waals surface area contributed by atoms with E-state index in [9.17, 15) is 4.79 Å². The number of benzene rings is 1. The first kappa shape index (κ1) is 25.1. The van der Waals surface area contributed by atoms with Crippen LogP contribution in [-0.4, -0.2) is 29.7 Å². The van der Waals surface area contributed by atoms with Crippen LogP contribution in [0.2, 0.25) is 0 Å². The summed E-state index contributed by atoms with van der Waals surface area (Å²) in [5.41, 5.74) is 0.649. The third-order valence-corrected chi connectivity index (χ3v) is 5.03. The number of carbonyl (C=O) groups excluding carboxylic acids is 1. The highest BCUT2D eigenvalue weighted by molar-refractivity contribution is 6.05. The van der Waals surface area contributed by atoms with Gasteiger partial charge >= 0.3 is 0 Å². The summed E-state index contributed by atoms with van der Waals surface area (Å²) in [5.74, 6) is 1.75. The third-order valence-electron chi connectivity index (χ3n) is 5.03. The van der Waals surface area contributed by atoms with Gasteiger partial charge in [0.2, 0.25) is 0 Å². The Bertz CT molecular complexity index is 836. The molecule has 0 saturated carbocycles. The number of ether oxygens (including phenoxy) is 2. The molecule has 0 saturated heterocycles. The van der Waals surface area contributed by atoms with Gasteiger partial charge in [0.15, 0.2) is 0 Å². The van der Waals surface area contributed by atoms with E-state index in [2.05, 4.69) is 58.8 Å². The van der Waals surface area contributed by atoms with Crippen LogP contribution >= 0.6 is 0 Å². The fraction of sp³-hybridized carbons (Fsp3) is 0.615. The lowest BCUT2D eigenvalue weighted by molar-refractivity contribution is -0.147. The van der Waals surface area contributed by atoms with Gasteiger partial charge in [-0.3, -0.25) is 9.78 Å². The number of rotatable bonds is 12. The Morgan fingerprint density at radius 2 is 1.71 bits per heavy atom. The Kier molecular flexibility index (Phi) is 9.30. The van der Waals surface area contributed by atoms with Crippen LogP contribution in [0, 0.1) is 17.8 Å². The van der Waals surface area contributed by atoms with Gasteiger partial charge in [0.25, 0.3) is 5.91 Å². The molecule has 1 aromatic heterocycles. The molecule has 1 amide bonds. The predicted octanol–water partition coefficient (Wildman–Crippen LogP) is 6.47.